The minimum Gasteiger partial charge on any atom is -0.469 e. The summed E-state index contributed by atoms with van der Waals surface area (Å²) < 4.78 is 4.49. The number of rotatable bonds is 2. The molecule has 1 unspecified atom stereocenters. The highest BCUT2D eigenvalue weighted by Gasteiger charge is 2.21. The molecular formula is C7H9NO4. The van der Waals surface area contributed by atoms with Crippen LogP contribution in [0, 0.1) is 5.92 Å². The van der Waals surface area contributed by atoms with E-state index in [-0.39, 0.29) is 11.7 Å². The summed E-state index contributed by atoms with van der Waals surface area (Å²) in [7, 11) is 1.30. The molecule has 12 heavy (non-hydrogen) atoms. The van der Waals surface area contributed by atoms with Crippen LogP contribution in [0.2, 0.25) is 0 Å². The molecule has 0 spiro atoms. The molecule has 0 amide bonds. The quantitative estimate of drug-likeness (QED) is 0.443. The molecule has 1 rings (SSSR count). The van der Waals surface area contributed by atoms with E-state index >= 15 is 0 Å². The van der Waals surface area contributed by atoms with Crippen LogP contribution in [0.4, 0.5) is 0 Å². The Bertz CT molecular complexity index is 223. The maximum absolute atomic E-state index is 11.0. The van der Waals surface area contributed by atoms with Crippen molar-refractivity contribution in [2.24, 2.45) is 5.92 Å². The lowest BCUT2D eigenvalue weighted by Crippen LogP contribution is -2.32. The molecule has 1 N–H and O–H groups in total. The van der Waals surface area contributed by atoms with E-state index in [2.05, 4.69) is 15.1 Å². The molecule has 5 heteroatoms. The molecule has 1 aliphatic heterocycles. The van der Waals surface area contributed by atoms with E-state index in [1.54, 1.807) is 0 Å². The topological polar surface area (TPSA) is 64.6 Å². The summed E-state index contributed by atoms with van der Waals surface area (Å²) >= 11 is 0. The molecule has 1 aliphatic rings. The van der Waals surface area contributed by atoms with Crippen molar-refractivity contribution in [3.05, 3.63) is 11.8 Å². The Balaban J connectivity index is 2.66. The van der Waals surface area contributed by atoms with E-state index in [0.717, 1.165) is 0 Å². The predicted molar refractivity (Wildman–Crippen MR) is 38.7 cm³/mol. The highest BCUT2D eigenvalue weighted by atomic mass is 16.7. The van der Waals surface area contributed by atoms with Gasteiger partial charge in [0.15, 0.2) is 12.0 Å². The number of esters is 1. The lowest BCUT2D eigenvalue weighted by atomic mass is 10.1. The molecule has 5 nitrogen and oxygen atoms in total. The number of carbonyl (C=O) groups excluding carboxylic acids is 2. The normalized spacial score (nSPS) is 22.1. The van der Waals surface area contributed by atoms with Crippen molar-refractivity contribution >= 4 is 12.3 Å². The molecule has 0 saturated heterocycles. The number of hydrogen-bond acceptors (Lipinski definition) is 5. The van der Waals surface area contributed by atoms with Gasteiger partial charge in [0.1, 0.15) is 0 Å². The van der Waals surface area contributed by atoms with E-state index in [4.69, 9.17) is 0 Å². The third-order valence-electron chi connectivity index (χ3n) is 1.48. The number of carbonyl (C=O) groups is 2. The molecule has 0 aromatic carbocycles. The SMILES string of the molecule is COC(=O)C1C=C(C=O)ONC1. The Hall–Kier alpha value is -1.36. The highest BCUT2D eigenvalue weighted by Crippen LogP contribution is 2.08. The van der Waals surface area contributed by atoms with Crippen molar-refractivity contribution < 1.29 is 19.2 Å². The first-order valence-electron chi connectivity index (χ1n) is 3.42. The monoisotopic (exact) mass is 171 g/mol. The Kier molecular flexibility index (Phi) is 2.82. The van der Waals surface area contributed by atoms with Crippen molar-refractivity contribution in [2.75, 3.05) is 13.7 Å². The molecular weight excluding hydrogens is 162 g/mol. The summed E-state index contributed by atoms with van der Waals surface area (Å²) in [6.45, 7) is 0.323. The number of nitrogens with one attached hydrogen (secondary N) is 1. The van der Waals surface area contributed by atoms with Crippen LogP contribution in [0.25, 0.3) is 0 Å². The number of aldehydes is 1. The van der Waals surface area contributed by atoms with E-state index in [1.165, 1.54) is 13.2 Å². The maximum Gasteiger partial charge on any atom is 0.314 e. The van der Waals surface area contributed by atoms with Crippen LogP contribution in [-0.2, 0) is 19.2 Å². The molecule has 1 heterocycles. The van der Waals surface area contributed by atoms with Gasteiger partial charge in [0.05, 0.1) is 13.0 Å². The molecule has 0 bridgehead atoms. The number of ether oxygens (including phenoxy) is 1. The average molecular weight is 171 g/mol. The fourth-order valence-electron chi connectivity index (χ4n) is 0.872. The second kappa shape index (κ2) is 3.87. The number of allylic oxidation sites excluding steroid dienone is 1. The van der Waals surface area contributed by atoms with E-state index in [1.807, 2.05) is 0 Å². The summed E-state index contributed by atoms with van der Waals surface area (Å²) in [4.78, 5) is 25.9. The van der Waals surface area contributed by atoms with Gasteiger partial charge in [0.2, 0.25) is 0 Å². The minimum absolute atomic E-state index is 0.108. The Morgan fingerprint density at radius 1 is 1.92 bits per heavy atom. The van der Waals surface area contributed by atoms with Gasteiger partial charge in [-0.2, -0.15) is 5.48 Å². The lowest BCUT2D eigenvalue weighted by Gasteiger charge is -2.17. The summed E-state index contributed by atoms with van der Waals surface area (Å²) in [5.41, 5.74) is 2.45. The molecule has 0 fully saturated rings. The fraction of sp³-hybridized carbons (Fsp3) is 0.429. The van der Waals surface area contributed by atoms with Gasteiger partial charge in [0.25, 0.3) is 0 Å². The first-order chi connectivity index (χ1) is 5.77. The van der Waals surface area contributed by atoms with Crippen LogP contribution >= 0.6 is 0 Å². The zero-order valence-electron chi connectivity index (χ0n) is 6.57. The molecule has 0 aliphatic carbocycles. The van der Waals surface area contributed by atoms with Gasteiger partial charge >= 0.3 is 5.97 Å². The van der Waals surface area contributed by atoms with Crippen molar-refractivity contribution in [1.29, 1.82) is 0 Å². The molecule has 66 valence electrons. The minimum atomic E-state index is -0.441. The molecule has 0 saturated carbocycles. The van der Waals surface area contributed by atoms with E-state index < -0.39 is 5.92 Å². The predicted octanol–water partition coefficient (Wildman–Crippen LogP) is -0.607. The van der Waals surface area contributed by atoms with Crippen LogP contribution in [0.1, 0.15) is 0 Å². The lowest BCUT2D eigenvalue weighted by molar-refractivity contribution is -0.145. The van der Waals surface area contributed by atoms with Gasteiger partial charge in [-0.25, -0.2) is 0 Å². The second-order valence-electron chi connectivity index (χ2n) is 2.27. The van der Waals surface area contributed by atoms with Crippen LogP contribution in [0.15, 0.2) is 11.8 Å². The fourth-order valence-corrected chi connectivity index (χ4v) is 0.872. The first-order valence-corrected chi connectivity index (χ1v) is 3.42. The summed E-state index contributed by atoms with van der Waals surface area (Å²) in [5.74, 6) is -0.717. The van der Waals surface area contributed by atoms with E-state index in [0.29, 0.717) is 12.8 Å². The smallest absolute Gasteiger partial charge is 0.314 e. The third-order valence-corrected chi connectivity index (χ3v) is 1.48. The zero-order chi connectivity index (χ0) is 8.97. The first kappa shape index (κ1) is 8.73. The van der Waals surface area contributed by atoms with Gasteiger partial charge in [0, 0.05) is 6.54 Å². The molecule has 0 aromatic heterocycles. The van der Waals surface area contributed by atoms with Gasteiger partial charge in [-0.05, 0) is 6.08 Å². The summed E-state index contributed by atoms with van der Waals surface area (Å²) in [6.07, 6.45) is 1.96. The number of methoxy groups -OCH3 is 1. The van der Waals surface area contributed by atoms with Crippen LogP contribution < -0.4 is 5.48 Å². The molecule has 0 aromatic rings. The second-order valence-corrected chi connectivity index (χ2v) is 2.27. The van der Waals surface area contributed by atoms with Crippen molar-refractivity contribution in [1.82, 2.24) is 5.48 Å². The third kappa shape index (κ3) is 1.82. The summed E-state index contributed by atoms with van der Waals surface area (Å²) in [6, 6.07) is 0. The average Bonchev–Trinajstić information content (AvgIpc) is 2.17. The molecule has 1 atom stereocenters. The molecule has 0 radical (unpaired) electrons. The Morgan fingerprint density at radius 3 is 3.25 bits per heavy atom. The van der Waals surface area contributed by atoms with Gasteiger partial charge in [-0.15, -0.1) is 0 Å². The number of hydrogen-bond donors (Lipinski definition) is 1. The Labute approximate surface area is 69.3 Å². The van der Waals surface area contributed by atoms with Crippen LogP contribution in [-0.4, -0.2) is 25.9 Å². The largest absolute Gasteiger partial charge is 0.469 e. The van der Waals surface area contributed by atoms with Crippen molar-refractivity contribution in [3.8, 4) is 0 Å². The van der Waals surface area contributed by atoms with Crippen molar-refractivity contribution in [3.63, 3.8) is 0 Å². The zero-order valence-corrected chi connectivity index (χ0v) is 6.57. The van der Waals surface area contributed by atoms with Gasteiger partial charge < -0.3 is 9.57 Å². The van der Waals surface area contributed by atoms with Crippen LogP contribution in [0.3, 0.4) is 0 Å². The number of hydroxylamine groups is 1. The maximum atomic E-state index is 11.0. The van der Waals surface area contributed by atoms with E-state index in [9.17, 15) is 9.59 Å². The van der Waals surface area contributed by atoms with Crippen molar-refractivity contribution in [2.45, 2.75) is 0 Å². The van der Waals surface area contributed by atoms with Crippen LogP contribution in [0.5, 0.6) is 0 Å². The van der Waals surface area contributed by atoms with Gasteiger partial charge in [-0.1, -0.05) is 0 Å². The standard InChI is InChI=1S/C7H9NO4/c1-11-7(10)5-2-6(4-9)12-8-3-5/h2,4-5,8H,3H2,1H3. The van der Waals surface area contributed by atoms with Gasteiger partial charge in [-0.3, -0.25) is 9.59 Å². The Morgan fingerprint density at radius 2 is 2.67 bits per heavy atom. The summed E-state index contributed by atoms with van der Waals surface area (Å²) in [5, 5.41) is 0. The highest BCUT2D eigenvalue weighted by molar-refractivity contribution is 5.78.